The zero-order valence-corrected chi connectivity index (χ0v) is 12.7. The van der Waals surface area contributed by atoms with Crippen LogP contribution in [0.1, 0.15) is 15.9 Å². The fraction of sp³-hybridized carbons (Fsp3) is 0. The molecule has 2 aromatic heterocycles. The van der Waals surface area contributed by atoms with Crippen molar-refractivity contribution in [3.8, 4) is 34.5 Å². The van der Waals surface area contributed by atoms with Crippen LogP contribution < -0.4 is 5.73 Å². The molecule has 0 saturated carbocycles. The molecule has 0 unspecified atom stereocenters. The Labute approximate surface area is 136 Å². The second kappa shape index (κ2) is 5.91. The minimum atomic E-state index is -1.17. The van der Waals surface area contributed by atoms with Crippen molar-refractivity contribution in [1.82, 2.24) is 4.57 Å². The molecule has 4 N–H and O–H groups in total. The van der Waals surface area contributed by atoms with Gasteiger partial charge in [-0.1, -0.05) is 0 Å². The molecule has 0 aliphatic rings. The summed E-state index contributed by atoms with van der Waals surface area (Å²) in [6.45, 7) is 0. The molecule has 3 rings (SSSR count). The number of benzene rings is 1. The highest BCUT2D eigenvalue weighted by atomic mass is 32.1. The lowest BCUT2D eigenvalue weighted by Crippen LogP contribution is -1.98. The first-order chi connectivity index (χ1) is 11.1. The summed E-state index contributed by atoms with van der Waals surface area (Å²) < 4.78 is 1.78. The van der Waals surface area contributed by atoms with Crippen LogP contribution in [0.15, 0.2) is 47.4 Å². The van der Waals surface area contributed by atoms with E-state index in [1.54, 1.807) is 28.2 Å². The third-order valence-electron chi connectivity index (χ3n) is 3.38. The Morgan fingerprint density at radius 3 is 2.70 bits per heavy atom. The van der Waals surface area contributed by atoms with Gasteiger partial charge in [-0.2, -0.15) is 11.3 Å². The normalized spacial score (nSPS) is 10.1. The molecule has 0 amide bonds. The summed E-state index contributed by atoms with van der Waals surface area (Å²) in [6.07, 6.45) is 3.67. The number of hydrogen-bond acceptors (Lipinski definition) is 4. The maximum Gasteiger partial charge on any atom is 0.339 e. The smallest absolute Gasteiger partial charge is 0.339 e. The number of hydrogen-bond donors (Lipinski definition) is 3. The first-order valence-electron chi connectivity index (χ1n) is 6.63. The van der Waals surface area contributed by atoms with Gasteiger partial charge < -0.3 is 20.5 Å². The number of rotatable bonds is 3. The van der Waals surface area contributed by atoms with E-state index in [4.69, 9.17) is 10.8 Å². The Balaban J connectivity index is 2.10. The quantitative estimate of drug-likeness (QED) is 0.510. The number of aromatic hydroxyl groups is 1. The molecule has 23 heavy (non-hydrogen) atoms. The van der Waals surface area contributed by atoms with Crippen LogP contribution in [0.3, 0.4) is 0 Å². The SMILES string of the molecule is NC#Cc1cn(-c2ccc(C(=O)O)c(O)c2)cc1-c1ccsc1. The van der Waals surface area contributed by atoms with Gasteiger partial charge in [0.2, 0.25) is 0 Å². The maximum atomic E-state index is 11.0. The molecule has 114 valence electrons. The second-order valence-electron chi connectivity index (χ2n) is 4.78. The first-order valence-corrected chi connectivity index (χ1v) is 7.57. The number of carbonyl (C=O) groups is 1. The summed E-state index contributed by atoms with van der Waals surface area (Å²) in [5.41, 5.74) is 8.54. The maximum absolute atomic E-state index is 11.0. The fourth-order valence-electron chi connectivity index (χ4n) is 2.29. The predicted octanol–water partition coefficient (Wildman–Crippen LogP) is 2.88. The number of carboxylic acids is 1. The van der Waals surface area contributed by atoms with E-state index in [1.807, 2.05) is 23.0 Å². The average Bonchev–Trinajstić information content (AvgIpc) is 3.16. The molecule has 2 heterocycles. The van der Waals surface area contributed by atoms with E-state index in [-0.39, 0.29) is 11.3 Å². The van der Waals surface area contributed by atoms with E-state index in [0.29, 0.717) is 5.69 Å². The monoisotopic (exact) mass is 324 g/mol. The van der Waals surface area contributed by atoms with Gasteiger partial charge >= 0.3 is 5.97 Å². The minimum Gasteiger partial charge on any atom is -0.507 e. The van der Waals surface area contributed by atoms with Gasteiger partial charge in [0.05, 0.1) is 5.56 Å². The number of phenols is 1. The molecule has 0 saturated heterocycles. The van der Waals surface area contributed by atoms with Gasteiger partial charge in [0.15, 0.2) is 0 Å². The predicted molar refractivity (Wildman–Crippen MR) is 88.8 cm³/mol. The molecular weight excluding hydrogens is 312 g/mol. The van der Waals surface area contributed by atoms with Gasteiger partial charge in [-0.15, -0.1) is 0 Å². The lowest BCUT2D eigenvalue weighted by Gasteiger charge is -2.05. The van der Waals surface area contributed by atoms with Gasteiger partial charge in [0, 0.05) is 35.8 Å². The van der Waals surface area contributed by atoms with Crippen LogP contribution in [0.25, 0.3) is 16.8 Å². The van der Waals surface area contributed by atoms with Crippen molar-refractivity contribution in [3.63, 3.8) is 0 Å². The zero-order chi connectivity index (χ0) is 16.4. The van der Waals surface area contributed by atoms with Crippen molar-refractivity contribution in [2.75, 3.05) is 0 Å². The van der Waals surface area contributed by atoms with Crippen molar-refractivity contribution in [3.05, 3.63) is 58.5 Å². The van der Waals surface area contributed by atoms with Gasteiger partial charge in [0.25, 0.3) is 0 Å². The Bertz CT molecular complexity index is 931. The molecule has 1 aromatic carbocycles. The van der Waals surface area contributed by atoms with Gasteiger partial charge in [0.1, 0.15) is 11.3 Å². The Hall–Kier alpha value is -3.17. The molecule has 0 atom stereocenters. The van der Waals surface area contributed by atoms with Crippen molar-refractivity contribution in [2.24, 2.45) is 5.73 Å². The highest BCUT2D eigenvalue weighted by molar-refractivity contribution is 7.08. The molecule has 0 bridgehead atoms. The highest BCUT2D eigenvalue weighted by Crippen LogP contribution is 2.29. The summed E-state index contributed by atoms with van der Waals surface area (Å²) in [7, 11) is 0. The largest absolute Gasteiger partial charge is 0.507 e. The Morgan fingerprint density at radius 1 is 1.26 bits per heavy atom. The minimum absolute atomic E-state index is 0.138. The molecule has 3 aromatic rings. The molecule has 6 heteroatoms. The van der Waals surface area contributed by atoms with Crippen LogP contribution in [0, 0.1) is 12.0 Å². The summed E-state index contributed by atoms with van der Waals surface area (Å²) in [5.74, 6) is 1.40. The van der Waals surface area contributed by atoms with Gasteiger partial charge in [-0.25, -0.2) is 4.79 Å². The zero-order valence-electron chi connectivity index (χ0n) is 11.9. The van der Waals surface area contributed by atoms with Crippen molar-refractivity contribution >= 4 is 17.3 Å². The van der Waals surface area contributed by atoms with Crippen LogP contribution in [0.4, 0.5) is 0 Å². The Morgan fingerprint density at radius 2 is 2.09 bits per heavy atom. The number of nitrogens with two attached hydrogens (primary N) is 1. The summed E-state index contributed by atoms with van der Waals surface area (Å²) in [4.78, 5) is 11.0. The molecule has 0 fully saturated rings. The van der Waals surface area contributed by atoms with Crippen molar-refractivity contribution < 1.29 is 15.0 Å². The summed E-state index contributed by atoms with van der Waals surface area (Å²) >= 11 is 1.58. The second-order valence-corrected chi connectivity index (χ2v) is 5.56. The van der Waals surface area contributed by atoms with E-state index >= 15 is 0 Å². The number of aromatic carboxylic acids is 1. The van der Waals surface area contributed by atoms with Crippen LogP contribution in [-0.2, 0) is 0 Å². The van der Waals surface area contributed by atoms with Crippen LogP contribution in [-0.4, -0.2) is 20.7 Å². The van der Waals surface area contributed by atoms with Crippen molar-refractivity contribution in [2.45, 2.75) is 0 Å². The van der Waals surface area contributed by atoms with E-state index in [2.05, 4.69) is 12.0 Å². The van der Waals surface area contributed by atoms with Gasteiger partial charge in [-0.05, 0) is 40.4 Å². The lowest BCUT2D eigenvalue weighted by molar-refractivity contribution is 0.0694. The molecule has 0 aliphatic heterocycles. The lowest BCUT2D eigenvalue weighted by atomic mass is 10.1. The number of carboxylic acid groups (broad SMARTS) is 1. The average molecular weight is 324 g/mol. The topological polar surface area (TPSA) is 88.5 Å². The first kappa shape index (κ1) is 14.8. The molecular formula is C17H12N2O3S. The van der Waals surface area contributed by atoms with Gasteiger partial charge in [-0.3, -0.25) is 0 Å². The number of nitrogens with zero attached hydrogens (tertiary/aromatic N) is 1. The van der Waals surface area contributed by atoms with E-state index in [1.165, 1.54) is 12.1 Å². The van der Waals surface area contributed by atoms with Crippen LogP contribution >= 0.6 is 11.3 Å². The van der Waals surface area contributed by atoms with Crippen LogP contribution in [0.2, 0.25) is 0 Å². The van der Waals surface area contributed by atoms with E-state index in [0.717, 1.165) is 16.7 Å². The molecule has 0 aliphatic carbocycles. The standard InChI is InChI=1S/C17H12N2O3S/c18-5-3-11-8-19(9-15(11)12-4-6-23-10-12)13-1-2-14(17(21)22)16(20)7-13/h1-2,4,6-10,20H,18H2,(H,21,22). The molecule has 5 nitrogen and oxygen atoms in total. The third-order valence-corrected chi connectivity index (χ3v) is 4.06. The molecule has 0 spiro atoms. The van der Waals surface area contributed by atoms with E-state index in [9.17, 15) is 9.90 Å². The molecule has 0 radical (unpaired) electrons. The summed E-state index contributed by atoms with van der Waals surface area (Å²) in [5, 5.41) is 22.8. The van der Waals surface area contributed by atoms with E-state index < -0.39 is 5.97 Å². The van der Waals surface area contributed by atoms with Crippen LogP contribution in [0.5, 0.6) is 5.75 Å². The third kappa shape index (κ3) is 2.78. The number of thiophene rings is 1. The number of aromatic nitrogens is 1. The van der Waals surface area contributed by atoms with Crippen molar-refractivity contribution in [1.29, 1.82) is 0 Å². The highest BCUT2D eigenvalue weighted by Gasteiger charge is 2.13. The Kier molecular flexibility index (Phi) is 3.79. The summed E-state index contributed by atoms with van der Waals surface area (Å²) in [6, 6.07) is 8.78. The fourth-order valence-corrected chi connectivity index (χ4v) is 2.95.